The van der Waals surface area contributed by atoms with Gasteiger partial charge in [0.15, 0.2) is 11.9 Å². The first-order valence-corrected chi connectivity index (χ1v) is 13.3. The average molecular weight is 507 g/mol. The first-order valence-electron chi connectivity index (χ1n) is 12.1. The number of thiophene rings is 1. The molecule has 178 valence electrons. The number of halogens is 1. The number of aromatic nitrogens is 3. The molecule has 0 saturated carbocycles. The largest absolute Gasteiger partial charge is 0.481 e. The zero-order valence-electron chi connectivity index (χ0n) is 19.1. The van der Waals surface area contributed by atoms with Crippen LogP contribution in [-0.4, -0.2) is 32.5 Å². The second-order valence-corrected chi connectivity index (χ2v) is 11.1. The van der Waals surface area contributed by atoms with Crippen LogP contribution in [-0.2, 0) is 30.6 Å². The van der Waals surface area contributed by atoms with Crippen molar-refractivity contribution < 1.29 is 14.1 Å². The van der Waals surface area contributed by atoms with E-state index in [1.165, 1.54) is 5.56 Å². The number of aryl methyl sites for hydroxylation is 1. The van der Waals surface area contributed by atoms with E-state index in [4.69, 9.17) is 20.9 Å². The maximum atomic E-state index is 12.1. The molecular formula is C26H23ClN4O3S. The lowest BCUT2D eigenvalue weighted by molar-refractivity contribution is -0.128. The number of amides is 1. The van der Waals surface area contributed by atoms with Crippen LogP contribution < -0.4 is 4.74 Å². The topological polar surface area (TPSA) is 81.4 Å². The monoisotopic (exact) mass is 506 g/mol. The van der Waals surface area contributed by atoms with E-state index in [1.807, 2.05) is 17.0 Å². The third kappa shape index (κ3) is 3.62. The van der Waals surface area contributed by atoms with E-state index in [2.05, 4.69) is 21.2 Å². The van der Waals surface area contributed by atoms with Crippen LogP contribution in [0.25, 0.3) is 21.5 Å². The van der Waals surface area contributed by atoms with Crippen molar-refractivity contribution in [1.82, 2.24) is 20.0 Å². The predicted octanol–water partition coefficient (Wildman–Crippen LogP) is 5.68. The molecule has 1 aliphatic carbocycles. The minimum atomic E-state index is -0.214. The van der Waals surface area contributed by atoms with Gasteiger partial charge in [-0.2, -0.15) is 0 Å². The molecule has 0 N–H and O–H groups in total. The van der Waals surface area contributed by atoms with Gasteiger partial charge in [0.1, 0.15) is 12.1 Å². The average Bonchev–Trinajstić information content (AvgIpc) is 3.63. The van der Waals surface area contributed by atoms with Crippen molar-refractivity contribution in [3.8, 4) is 17.0 Å². The molecule has 1 amide bonds. The molecule has 0 unspecified atom stereocenters. The van der Waals surface area contributed by atoms with E-state index in [0.29, 0.717) is 24.4 Å². The van der Waals surface area contributed by atoms with Crippen LogP contribution in [0.2, 0.25) is 5.02 Å². The Labute approximate surface area is 211 Å². The molecule has 1 atom stereocenters. The Morgan fingerprint density at radius 2 is 2.03 bits per heavy atom. The van der Waals surface area contributed by atoms with Crippen molar-refractivity contribution in [1.29, 1.82) is 0 Å². The molecule has 4 aromatic rings. The third-order valence-electron chi connectivity index (χ3n) is 7.21. The van der Waals surface area contributed by atoms with Crippen LogP contribution in [0.15, 0.2) is 29.0 Å². The van der Waals surface area contributed by atoms with Gasteiger partial charge in [-0.3, -0.25) is 4.79 Å². The van der Waals surface area contributed by atoms with Gasteiger partial charge in [-0.05, 0) is 50.3 Å². The van der Waals surface area contributed by atoms with Crippen molar-refractivity contribution in [3.05, 3.63) is 57.0 Å². The zero-order chi connectivity index (χ0) is 23.5. The number of benzene rings is 1. The minimum absolute atomic E-state index is 0.214. The molecule has 1 aromatic carbocycles. The summed E-state index contributed by atoms with van der Waals surface area (Å²) < 4.78 is 13.3. The first kappa shape index (κ1) is 21.3. The summed E-state index contributed by atoms with van der Waals surface area (Å²) in [7, 11) is 0. The van der Waals surface area contributed by atoms with Gasteiger partial charge in [-0.15, -0.1) is 11.3 Å². The molecule has 0 bridgehead atoms. The summed E-state index contributed by atoms with van der Waals surface area (Å²) in [6.07, 6.45) is 7.89. The summed E-state index contributed by atoms with van der Waals surface area (Å²) in [5.41, 5.74) is 5.87. The Morgan fingerprint density at radius 3 is 2.91 bits per heavy atom. The highest BCUT2D eigenvalue weighted by Gasteiger charge is 2.34. The van der Waals surface area contributed by atoms with Crippen molar-refractivity contribution in [3.63, 3.8) is 0 Å². The Kier molecular flexibility index (Phi) is 5.06. The Balaban J connectivity index is 1.27. The second kappa shape index (κ2) is 8.31. The number of fused-ring (bicyclic) bond motifs is 3. The van der Waals surface area contributed by atoms with Crippen molar-refractivity contribution in [2.45, 2.75) is 57.6 Å². The van der Waals surface area contributed by atoms with Crippen LogP contribution in [0.3, 0.4) is 0 Å². The Morgan fingerprint density at radius 1 is 1.11 bits per heavy atom. The molecule has 1 fully saturated rings. The highest BCUT2D eigenvalue weighted by molar-refractivity contribution is 7.19. The lowest BCUT2D eigenvalue weighted by Gasteiger charge is -2.14. The van der Waals surface area contributed by atoms with Gasteiger partial charge in [-0.1, -0.05) is 16.8 Å². The summed E-state index contributed by atoms with van der Waals surface area (Å²) >= 11 is 8.21. The highest BCUT2D eigenvalue weighted by atomic mass is 35.5. The number of hydrogen-bond acceptors (Lipinski definition) is 7. The number of rotatable bonds is 4. The van der Waals surface area contributed by atoms with Gasteiger partial charge in [0, 0.05) is 46.0 Å². The molecular weight excluding hydrogens is 484 g/mol. The molecule has 7 nitrogen and oxygen atoms in total. The van der Waals surface area contributed by atoms with E-state index >= 15 is 0 Å². The lowest BCUT2D eigenvalue weighted by atomic mass is 9.94. The van der Waals surface area contributed by atoms with E-state index < -0.39 is 0 Å². The molecule has 3 aromatic heterocycles. The number of carbonyl (C=O) groups excluding carboxylic acids is 1. The number of nitrogens with zero attached hydrogens (tertiary/aromatic N) is 4. The van der Waals surface area contributed by atoms with Crippen molar-refractivity contribution in [2.24, 2.45) is 0 Å². The normalized spacial score (nSPS) is 19.3. The molecule has 9 heteroatoms. The molecule has 3 aliphatic rings. The summed E-state index contributed by atoms with van der Waals surface area (Å²) in [6.45, 7) is 1.43. The predicted molar refractivity (Wildman–Crippen MR) is 133 cm³/mol. The van der Waals surface area contributed by atoms with Crippen LogP contribution in [0.1, 0.15) is 59.2 Å². The number of hydrogen-bond donors (Lipinski definition) is 0. The Bertz CT molecular complexity index is 1480. The van der Waals surface area contributed by atoms with Crippen LogP contribution in [0, 0.1) is 0 Å². The van der Waals surface area contributed by atoms with E-state index in [-0.39, 0.29) is 12.0 Å². The van der Waals surface area contributed by atoms with E-state index in [9.17, 15) is 4.79 Å². The fourth-order valence-electron chi connectivity index (χ4n) is 5.55. The van der Waals surface area contributed by atoms with Crippen LogP contribution in [0.5, 0.6) is 5.75 Å². The maximum absolute atomic E-state index is 12.1. The summed E-state index contributed by atoms with van der Waals surface area (Å²) in [5, 5.41) is 4.97. The smallest absolute Gasteiger partial charge is 0.222 e. The summed E-state index contributed by atoms with van der Waals surface area (Å²) in [5.74, 6) is 1.86. The van der Waals surface area contributed by atoms with Crippen molar-refractivity contribution in [2.75, 3.05) is 6.54 Å². The fraction of sp³-hybridized carbons (Fsp3) is 0.385. The van der Waals surface area contributed by atoms with E-state index in [1.54, 1.807) is 17.7 Å². The summed E-state index contributed by atoms with van der Waals surface area (Å²) in [4.78, 5) is 24.3. The van der Waals surface area contributed by atoms with Gasteiger partial charge in [0.2, 0.25) is 5.91 Å². The van der Waals surface area contributed by atoms with E-state index in [0.717, 1.165) is 87.8 Å². The molecule has 0 radical (unpaired) electrons. The van der Waals surface area contributed by atoms with Gasteiger partial charge in [0.05, 0.1) is 28.1 Å². The van der Waals surface area contributed by atoms with Crippen LogP contribution in [0.4, 0.5) is 0 Å². The van der Waals surface area contributed by atoms with Crippen LogP contribution >= 0.6 is 22.9 Å². The summed E-state index contributed by atoms with van der Waals surface area (Å²) in [6, 6.07) is 5.95. The highest BCUT2D eigenvalue weighted by Crippen LogP contribution is 2.47. The first-order chi connectivity index (χ1) is 17.1. The third-order valence-corrected chi connectivity index (χ3v) is 8.55. The lowest BCUT2D eigenvalue weighted by Crippen LogP contribution is -2.23. The van der Waals surface area contributed by atoms with Gasteiger partial charge in [-0.25, -0.2) is 9.97 Å². The standard InChI is InChI=1S/C26H23ClN4O3S/c27-15-8-14-9-21(25-17-4-1-2-5-19(17)30-34-25)33-24(14)18(10-15)23-26-20(28-13-29-23)11-16(35-26)12-31-7-3-6-22(31)32/h8,10-11,13,21H,1-7,9,12H2/t21-/m1/s1. The molecule has 7 rings (SSSR count). The maximum Gasteiger partial charge on any atom is 0.222 e. The molecule has 1 saturated heterocycles. The van der Waals surface area contributed by atoms with Gasteiger partial charge in [0.25, 0.3) is 0 Å². The number of carbonyl (C=O) groups is 1. The molecule has 5 heterocycles. The minimum Gasteiger partial charge on any atom is -0.481 e. The SMILES string of the molecule is O=C1CCCN1Cc1cc2ncnc(-c3cc(Cl)cc4c3O[C@@H](c3onc5c3CCCC5)C4)c2s1. The molecule has 35 heavy (non-hydrogen) atoms. The van der Waals surface area contributed by atoms with Gasteiger partial charge >= 0.3 is 0 Å². The fourth-order valence-corrected chi connectivity index (χ4v) is 6.92. The number of ether oxygens (including phenoxy) is 1. The van der Waals surface area contributed by atoms with Crippen molar-refractivity contribution >= 4 is 39.1 Å². The quantitative estimate of drug-likeness (QED) is 0.354. The zero-order valence-corrected chi connectivity index (χ0v) is 20.6. The molecule has 2 aliphatic heterocycles. The second-order valence-electron chi connectivity index (χ2n) is 9.50. The molecule has 0 spiro atoms. The van der Waals surface area contributed by atoms with Gasteiger partial charge < -0.3 is 14.2 Å². The Hall–Kier alpha value is -2.97. The number of likely N-dealkylation sites (tertiary alicyclic amines) is 1.